The minimum atomic E-state index is 0.467. The highest BCUT2D eigenvalue weighted by atomic mass is 32.1. The summed E-state index contributed by atoms with van der Waals surface area (Å²) in [6.45, 7) is 0. The second-order valence-electron chi connectivity index (χ2n) is 6.97. The molecule has 118 valence electrons. The SMILES string of the molecule is S=C(NNC(=S)N[C@@H]1C[C@@H]2C=C[C@@H]1C2)N[C@H]1C[C@@H]2C=C[C@@H]1C2. The van der Waals surface area contributed by atoms with Crippen molar-refractivity contribution in [3.63, 3.8) is 0 Å². The van der Waals surface area contributed by atoms with E-state index < -0.39 is 0 Å². The van der Waals surface area contributed by atoms with Crippen molar-refractivity contribution in [2.24, 2.45) is 23.7 Å². The van der Waals surface area contributed by atoms with Crippen molar-refractivity contribution in [1.29, 1.82) is 0 Å². The van der Waals surface area contributed by atoms with Crippen LogP contribution in [0, 0.1) is 23.7 Å². The fourth-order valence-electron chi connectivity index (χ4n) is 4.42. The van der Waals surface area contributed by atoms with Crippen molar-refractivity contribution in [2.45, 2.75) is 37.8 Å². The molecule has 2 fully saturated rings. The van der Waals surface area contributed by atoms with Crippen LogP contribution in [0.15, 0.2) is 24.3 Å². The van der Waals surface area contributed by atoms with Crippen molar-refractivity contribution in [1.82, 2.24) is 21.5 Å². The molecule has 0 spiro atoms. The summed E-state index contributed by atoms with van der Waals surface area (Å²) in [5.41, 5.74) is 6.02. The monoisotopic (exact) mass is 334 g/mol. The molecule has 2 saturated carbocycles. The Morgan fingerprint density at radius 2 is 1.14 bits per heavy atom. The number of allylic oxidation sites excluding steroid dienone is 2. The lowest BCUT2D eigenvalue weighted by Crippen LogP contribution is -2.54. The van der Waals surface area contributed by atoms with Gasteiger partial charge in [0.15, 0.2) is 10.2 Å². The summed E-state index contributed by atoms with van der Waals surface area (Å²) in [6, 6.07) is 0.933. The largest absolute Gasteiger partial charge is 0.358 e. The zero-order valence-corrected chi connectivity index (χ0v) is 14.1. The molecule has 0 unspecified atom stereocenters. The summed E-state index contributed by atoms with van der Waals surface area (Å²) in [5.74, 6) is 2.75. The van der Waals surface area contributed by atoms with Crippen LogP contribution in [0.3, 0.4) is 0 Å². The molecule has 6 heteroatoms. The number of fused-ring (bicyclic) bond motifs is 4. The quantitative estimate of drug-likeness (QED) is 0.351. The Kier molecular flexibility index (Phi) is 3.82. The molecule has 22 heavy (non-hydrogen) atoms. The van der Waals surface area contributed by atoms with Gasteiger partial charge in [-0.3, -0.25) is 10.9 Å². The number of hydrogen-bond donors (Lipinski definition) is 4. The molecular weight excluding hydrogens is 312 g/mol. The van der Waals surface area contributed by atoms with Crippen LogP contribution in [0.2, 0.25) is 0 Å². The number of rotatable bonds is 2. The van der Waals surface area contributed by atoms with Crippen LogP contribution in [0.1, 0.15) is 25.7 Å². The third kappa shape index (κ3) is 2.86. The minimum Gasteiger partial charge on any atom is -0.358 e. The average molecular weight is 335 g/mol. The van der Waals surface area contributed by atoms with Gasteiger partial charge in [-0.2, -0.15) is 0 Å². The van der Waals surface area contributed by atoms with Crippen molar-refractivity contribution in [3.8, 4) is 0 Å². The number of hydrazine groups is 1. The Bertz CT molecular complexity index is 496. The van der Waals surface area contributed by atoms with E-state index in [0.717, 1.165) is 11.8 Å². The van der Waals surface area contributed by atoms with Gasteiger partial charge in [0.2, 0.25) is 0 Å². The Balaban J connectivity index is 1.18. The van der Waals surface area contributed by atoms with E-state index in [9.17, 15) is 0 Å². The Labute approximate surface area is 142 Å². The first-order valence-corrected chi connectivity index (χ1v) is 8.98. The molecule has 0 radical (unpaired) electrons. The van der Waals surface area contributed by atoms with Gasteiger partial charge in [0, 0.05) is 12.1 Å². The molecule has 0 aromatic heterocycles. The van der Waals surface area contributed by atoms with E-state index in [2.05, 4.69) is 45.8 Å². The van der Waals surface area contributed by atoms with Crippen molar-refractivity contribution in [3.05, 3.63) is 24.3 Å². The van der Waals surface area contributed by atoms with Gasteiger partial charge < -0.3 is 10.6 Å². The van der Waals surface area contributed by atoms with Crippen LogP contribution in [0.5, 0.6) is 0 Å². The molecule has 0 aromatic carbocycles. The Morgan fingerprint density at radius 1 is 0.682 bits per heavy atom. The van der Waals surface area contributed by atoms with Gasteiger partial charge in [-0.25, -0.2) is 0 Å². The van der Waals surface area contributed by atoms with Crippen molar-refractivity contribution in [2.75, 3.05) is 0 Å². The van der Waals surface area contributed by atoms with Crippen LogP contribution < -0.4 is 21.5 Å². The van der Waals surface area contributed by atoms with Crippen molar-refractivity contribution >= 4 is 34.7 Å². The zero-order chi connectivity index (χ0) is 15.1. The van der Waals surface area contributed by atoms with Crippen LogP contribution in [0.25, 0.3) is 0 Å². The van der Waals surface area contributed by atoms with E-state index in [1.54, 1.807) is 0 Å². The van der Waals surface area contributed by atoms with E-state index in [-0.39, 0.29) is 0 Å². The predicted molar refractivity (Wildman–Crippen MR) is 96.0 cm³/mol. The van der Waals surface area contributed by atoms with Gasteiger partial charge in [0.1, 0.15) is 0 Å². The van der Waals surface area contributed by atoms with Gasteiger partial charge in [-0.15, -0.1) is 0 Å². The number of nitrogens with one attached hydrogen (secondary N) is 4. The van der Waals surface area contributed by atoms with E-state index in [1.807, 2.05) is 0 Å². The summed E-state index contributed by atoms with van der Waals surface area (Å²) in [5, 5.41) is 8.04. The van der Waals surface area contributed by atoms with E-state index >= 15 is 0 Å². The summed E-state index contributed by atoms with van der Waals surface area (Å²) < 4.78 is 0. The molecule has 4 aliphatic rings. The minimum absolute atomic E-state index is 0.467. The van der Waals surface area contributed by atoms with Gasteiger partial charge in [-0.05, 0) is 73.8 Å². The van der Waals surface area contributed by atoms with E-state index in [0.29, 0.717) is 34.1 Å². The standard InChI is InChI=1S/C16H22N4S2/c21-15(17-13-7-9-1-3-11(13)5-9)19-20-16(22)18-14-8-10-2-4-12(14)6-10/h1-4,9-14H,5-8H2,(H2,17,19,21)(H2,18,20,22)/t9-,10-,11-,12-,13-,14+/m1/s1. The van der Waals surface area contributed by atoms with Crippen molar-refractivity contribution < 1.29 is 0 Å². The van der Waals surface area contributed by atoms with Crippen LogP contribution in [0.4, 0.5) is 0 Å². The van der Waals surface area contributed by atoms with E-state index in [4.69, 9.17) is 24.4 Å². The van der Waals surface area contributed by atoms with Gasteiger partial charge in [0.25, 0.3) is 0 Å². The number of thiocarbonyl (C=S) groups is 2. The second-order valence-corrected chi connectivity index (χ2v) is 7.79. The van der Waals surface area contributed by atoms with Gasteiger partial charge >= 0.3 is 0 Å². The lowest BCUT2D eigenvalue weighted by Gasteiger charge is -2.24. The summed E-state index contributed by atoms with van der Waals surface area (Å²) in [4.78, 5) is 0. The molecule has 0 saturated heterocycles. The molecular formula is C16H22N4S2. The number of hydrogen-bond acceptors (Lipinski definition) is 2. The molecule has 4 N–H and O–H groups in total. The third-order valence-electron chi connectivity index (χ3n) is 5.48. The molecule has 4 nitrogen and oxygen atoms in total. The first-order chi connectivity index (χ1) is 10.7. The highest BCUT2D eigenvalue weighted by Crippen LogP contribution is 2.39. The highest BCUT2D eigenvalue weighted by molar-refractivity contribution is 7.80. The Hall–Kier alpha value is -1.14. The molecule has 4 rings (SSSR count). The first-order valence-electron chi connectivity index (χ1n) is 8.17. The van der Waals surface area contributed by atoms with E-state index in [1.165, 1.54) is 25.7 Å². The molecule has 4 bridgehead atoms. The maximum Gasteiger partial charge on any atom is 0.185 e. The predicted octanol–water partition coefficient (Wildman–Crippen LogP) is 1.76. The summed E-state index contributed by atoms with van der Waals surface area (Å²) in [6.07, 6.45) is 14.2. The first kappa shape index (κ1) is 14.5. The molecule has 0 heterocycles. The second kappa shape index (κ2) is 5.81. The van der Waals surface area contributed by atoms with Crippen LogP contribution in [-0.2, 0) is 0 Å². The maximum atomic E-state index is 5.35. The van der Waals surface area contributed by atoms with Gasteiger partial charge in [0.05, 0.1) is 0 Å². The topological polar surface area (TPSA) is 48.1 Å². The summed E-state index contributed by atoms with van der Waals surface area (Å²) in [7, 11) is 0. The highest BCUT2D eigenvalue weighted by Gasteiger charge is 2.36. The Morgan fingerprint density at radius 3 is 1.45 bits per heavy atom. The lowest BCUT2D eigenvalue weighted by atomic mass is 10.0. The normalized spacial score (nSPS) is 40.0. The zero-order valence-electron chi connectivity index (χ0n) is 12.4. The molecule has 0 aromatic rings. The molecule has 0 aliphatic heterocycles. The third-order valence-corrected chi connectivity index (χ3v) is 5.92. The molecule has 6 atom stereocenters. The fourth-order valence-corrected chi connectivity index (χ4v) is 4.82. The van der Waals surface area contributed by atoms with Crippen LogP contribution in [-0.4, -0.2) is 22.3 Å². The average Bonchev–Trinajstić information content (AvgIpc) is 3.25. The van der Waals surface area contributed by atoms with Gasteiger partial charge in [-0.1, -0.05) is 24.3 Å². The molecule has 0 amide bonds. The molecule has 4 aliphatic carbocycles. The fraction of sp³-hybridized carbons (Fsp3) is 0.625. The maximum absolute atomic E-state index is 5.35. The smallest absolute Gasteiger partial charge is 0.185 e. The summed E-state index contributed by atoms with van der Waals surface area (Å²) >= 11 is 10.7. The lowest BCUT2D eigenvalue weighted by molar-refractivity contribution is 0.510. The van der Waals surface area contributed by atoms with Crippen LogP contribution >= 0.6 is 24.4 Å².